The van der Waals surface area contributed by atoms with Gasteiger partial charge in [-0.05, 0) is 43.4 Å². The van der Waals surface area contributed by atoms with Crippen molar-refractivity contribution in [1.82, 2.24) is 20.4 Å². The average Bonchev–Trinajstić information content (AvgIpc) is 3.02. The maximum absolute atomic E-state index is 12.9. The molecule has 0 spiro atoms. The van der Waals surface area contributed by atoms with E-state index >= 15 is 0 Å². The molecule has 5 nitrogen and oxygen atoms in total. The molecule has 0 radical (unpaired) electrons. The van der Waals surface area contributed by atoms with Crippen molar-refractivity contribution in [3.8, 4) is 11.3 Å². The van der Waals surface area contributed by atoms with Crippen molar-refractivity contribution in [3.05, 3.63) is 41.8 Å². The highest BCUT2D eigenvalue weighted by Gasteiger charge is 2.11. The van der Waals surface area contributed by atoms with Gasteiger partial charge in [0.05, 0.1) is 5.69 Å². The van der Waals surface area contributed by atoms with Gasteiger partial charge in [0.25, 0.3) is 5.91 Å². The third-order valence-electron chi connectivity index (χ3n) is 3.57. The summed E-state index contributed by atoms with van der Waals surface area (Å²) in [6.07, 6.45) is 0. The largest absolute Gasteiger partial charge is 0.349 e. The van der Waals surface area contributed by atoms with Gasteiger partial charge in [-0.15, -0.1) is 0 Å². The molecule has 0 aliphatic rings. The number of hydrogen-bond donors (Lipinski definition) is 2. The Morgan fingerprint density at radius 2 is 1.95 bits per heavy atom. The van der Waals surface area contributed by atoms with Crippen LogP contribution in [-0.4, -0.2) is 47.2 Å². The molecule has 1 aromatic carbocycles. The molecule has 0 saturated heterocycles. The van der Waals surface area contributed by atoms with Crippen molar-refractivity contribution in [2.75, 3.05) is 26.2 Å². The van der Waals surface area contributed by atoms with Crippen molar-refractivity contribution in [2.24, 2.45) is 0 Å². The molecule has 6 heteroatoms. The van der Waals surface area contributed by atoms with Gasteiger partial charge in [0.1, 0.15) is 11.5 Å². The number of nitrogens with zero attached hydrogens (tertiary/aromatic N) is 2. The minimum atomic E-state index is -0.298. The first-order chi connectivity index (χ1) is 10.6. The molecule has 2 aromatic rings. The van der Waals surface area contributed by atoms with E-state index in [2.05, 4.69) is 34.3 Å². The van der Waals surface area contributed by atoms with Gasteiger partial charge in [0.2, 0.25) is 0 Å². The minimum Gasteiger partial charge on any atom is -0.349 e. The number of hydrogen-bond acceptors (Lipinski definition) is 3. The summed E-state index contributed by atoms with van der Waals surface area (Å²) in [5, 5.41) is 9.67. The summed E-state index contributed by atoms with van der Waals surface area (Å²) in [5.74, 6) is -0.485. The summed E-state index contributed by atoms with van der Waals surface area (Å²) in [6, 6.07) is 7.67. The molecule has 1 amide bonds. The fraction of sp³-hybridized carbons (Fsp3) is 0.375. The molecular weight excluding hydrogens is 283 g/mol. The standard InChI is InChI=1S/C16H21FN4O/c1-3-21(4-2)10-9-18-16(22)15-11-14(19-20-15)12-5-7-13(17)8-6-12/h5-8,11H,3-4,9-10H2,1-2H3,(H,18,22)(H,19,20). The van der Waals surface area contributed by atoms with E-state index in [9.17, 15) is 9.18 Å². The number of aromatic amines is 1. The third kappa shape index (κ3) is 4.14. The van der Waals surface area contributed by atoms with Gasteiger partial charge in [0.15, 0.2) is 0 Å². The molecule has 0 unspecified atom stereocenters. The average molecular weight is 304 g/mol. The lowest BCUT2D eigenvalue weighted by molar-refractivity contribution is 0.0944. The monoisotopic (exact) mass is 304 g/mol. The van der Waals surface area contributed by atoms with E-state index in [1.165, 1.54) is 12.1 Å². The third-order valence-corrected chi connectivity index (χ3v) is 3.57. The number of H-pyrrole nitrogens is 1. The van der Waals surface area contributed by atoms with Crippen molar-refractivity contribution in [1.29, 1.82) is 0 Å². The Balaban J connectivity index is 1.93. The second-order valence-corrected chi connectivity index (χ2v) is 4.96. The second kappa shape index (κ2) is 7.70. The Bertz CT molecular complexity index is 605. The van der Waals surface area contributed by atoms with Gasteiger partial charge in [-0.25, -0.2) is 4.39 Å². The number of aromatic nitrogens is 2. The van der Waals surface area contributed by atoms with Crippen LogP contribution in [0.5, 0.6) is 0 Å². The predicted octanol–water partition coefficient (Wildman–Crippen LogP) is 2.29. The molecule has 0 fully saturated rings. The topological polar surface area (TPSA) is 61.0 Å². The quantitative estimate of drug-likeness (QED) is 0.825. The van der Waals surface area contributed by atoms with Crippen LogP contribution in [0.15, 0.2) is 30.3 Å². The van der Waals surface area contributed by atoms with Crippen molar-refractivity contribution < 1.29 is 9.18 Å². The number of amides is 1. The molecule has 0 aliphatic heterocycles. The van der Waals surface area contributed by atoms with Gasteiger partial charge >= 0.3 is 0 Å². The van der Waals surface area contributed by atoms with Crippen LogP contribution in [0.3, 0.4) is 0 Å². The maximum Gasteiger partial charge on any atom is 0.269 e. The van der Waals surface area contributed by atoms with Crippen molar-refractivity contribution >= 4 is 5.91 Å². The van der Waals surface area contributed by atoms with Crippen LogP contribution in [0.25, 0.3) is 11.3 Å². The van der Waals surface area contributed by atoms with Crippen LogP contribution in [0, 0.1) is 5.82 Å². The van der Waals surface area contributed by atoms with Gasteiger partial charge in [-0.1, -0.05) is 13.8 Å². The first-order valence-corrected chi connectivity index (χ1v) is 7.46. The fourth-order valence-electron chi connectivity index (χ4n) is 2.17. The number of likely N-dealkylation sites (N-methyl/N-ethyl adjacent to an activating group) is 1. The zero-order valence-corrected chi connectivity index (χ0v) is 12.9. The van der Waals surface area contributed by atoms with Gasteiger partial charge in [-0.3, -0.25) is 9.89 Å². The first-order valence-electron chi connectivity index (χ1n) is 7.46. The number of benzene rings is 1. The Labute approximate surface area is 129 Å². The number of nitrogens with one attached hydrogen (secondary N) is 2. The number of halogens is 1. The smallest absolute Gasteiger partial charge is 0.269 e. The highest BCUT2D eigenvalue weighted by molar-refractivity contribution is 5.93. The summed E-state index contributed by atoms with van der Waals surface area (Å²) in [6.45, 7) is 7.52. The van der Waals surface area contributed by atoms with E-state index in [-0.39, 0.29) is 11.7 Å². The highest BCUT2D eigenvalue weighted by atomic mass is 19.1. The molecule has 0 atom stereocenters. The van der Waals surface area contributed by atoms with E-state index in [0.29, 0.717) is 17.9 Å². The first kappa shape index (κ1) is 16.2. The number of rotatable bonds is 7. The zero-order chi connectivity index (χ0) is 15.9. The van der Waals surface area contributed by atoms with Crippen LogP contribution in [-0.2, 0) is 0 Å². The minimum absolute atomic E-state index is 0.187. The molecule has 0 saturated carbocycles. The van der Waals surface area contributed by atoms with Crippen LogP contribution < -0.4 is 5.32 Å². The van der Waals surface area contributed by atoms with E-state index in [1.54, 1.807) is 18.2 Å². The second-order valence-electron chi connectivity index (χ2n) is 4.96. The molecule has 0 aliphatic carbocycles. The van der Waals surface area contributed by atoms with Gasteiger partial charge in [-0.2, -0.15) is 5.10 Å². The van der Waals surface area contributed by atoms with Gasteiger partial charge in [0, 0.05) is 18.7 Å². The molecule has 2 N–H and O–H groups in total. The zero-order valence-electron chi connectivity index (χ0n) is 12.9. The normalized spacial score (nSPS) is 10.9. The summed E-state index contributed by atoms with van der Waals surface area (Å²) in [5.41, 5.74) is 1.78. The SMILES string of the molecule is CCN(CC)CCNC(=O)c1cc(-c2ccc(F)cc2)n[nH]1. The Morgan fingerprint density at radius 3 is 2.59 bits per heavy atom. The summed E-state index contributed by atoms with van der Waals surface area (Å²) in [4.78, 5) is 14.3. The summed E-state index contributed by atoms with van der Waals surface area (Å²) < 4.78 is 12.9. The van der Waals surface area contributed by atoms with E-state index < -0.39 is 0 Å². The van der Waals surface area contributed by atoms with Crippen molar-refractivity contribution in [2.45, 2.75) is 13.8 Å². The number of carbonyl (C=O) groups is 1. The van der Waals surface area contributed by atoms with Crippen LogP contribution >= 0.6 is 0 Å². The molecule has 2 rings (SSSR count). The summed E-state index contributed by atoms with van der Waals surface area (Å²) >= 11 is 0. The molecule has 1 heterocycles. The van der Waals surface area contributed by atoms with Crippen LogP contribution in [0.2, 0.25) is 0 Å². The molecule has 1 aromatic heterocycles. The van der Waals surface area contributed by atoms with Crippen LogP contribution in [0.1, 0.15) is 24.3 Å². The predicted molar refractivity (Wildman–Crippen MR) is 84.1 cm³/mol. The molecule has 0 bridgehead atoms. The van der Waals surface area contributed by atoms with Crippen molar-refractivity contribution in [3.63, 3.8) is 0 Å². The molecular formula is C16H21FN4O. The fourth-order valence-corrected chi connectivity index (χ4v) is 2.17. The van der Waals surface area contributed by atoms with E-state index in [4.69, 9.17) is 0 Å². The summed E-state index contributed by atoms with van der Waals surface area (Å²) in [7, 11) is 0. The lowest BCUT2D eigenvalue weighted by Crippen LogP contribution is -2.34. The van der Waals surface area contributed by atoms with E-state index in [0.717, 1.165) is 25.2 Å². The Hall–Kier alpha value is -2.21. The Morgan fingerprint density at radius 1 is 1.27 bits per heavy atom. The molecule has 118 valence electrons. The number of carbonyl (C=O) groups excluding carboxylic acids is 1. The Kier molecular flexibility index (Phi) is 5.66. The lowest BCUT2D eigenvalue weighted by Gasteiger charge is -2.17. The maximum atomic E-state index is 12.9. The van der Waals surface area contributed by atoms with Gasteiger partial charge < -0.3 is 10.2 Å². The van der Waals surface area contributed by atoms with Crippen LogP contribution in [0.4, 0.5) is 4.39 Å². The molecule has 22 heavy (non-hydrogen) atoms. The highest BCUT2D eigenvalue weighted by Crippen LogP contribution is 2.17. The van der Waals surface area contributed by atoms with E-state index in [1.807, 2.05) is 0 Å². The lowest BCUT2D eigenvalue weighted by atomic mass is 10.1.